The minimum absolute atomic E-state index is 0.170. The molecule has 0 radical (unpaired) electrons. The lowest BCUT2D eigenvalue weighted by atomic mass is 10.1. The number of carbonyl (C=O) groups excluding carboxylic acids is 1. The van der Waals surface area contributed by atoms with Crippen molar-refractivity contribution in [3.05, 3.63) is 100 Å². The van der Waals surface area contributed by atoms with Crippen LogP contribution in [0.25, 0.3) is 11.3 Å². The number of hydrogen-bond donors (Lipinski definition) is 1. The fourth-order valence-electron chi connectivity index (χ4n) is 3.19. The standard InChI is InChI=1S/C24H20N2O3S2/c1-17-25-23(15-30-17)19-8-6-10-21(14-19)26-24(27)20-9-5-7-18(13-20)16-31(28,29)22-11-3-2-4-12-22/h2-15H,16H2,1H3,(H,26,27). The smallest absolute Gasteiger partial charge is 0.255 e. The molecule has 0 saturated heterocycles. The molecule has 1 N–H and O–H groups in total. The van der Waals surface area contributed by atoms with Crippen molar-refractivity contribution in [2.24, 2.45) is 0 Å². The average molecular weight is 449 g/mol. The van der Waals surface area contributed by atoms with Crippen LogP contribution in [-0.4, -0.2) is 19.3 Å². The van der Waals surface area contributed by atoms with Crippen molar-refractivity contribution in [3.8, 4) is 11.3 Å². The number of thiazole rings is 1. The lowest BCUT2D eigenvalue weighted by molar-refractivity contribution is 0.102. The molecule has 7 heteroatoms. The first kappa shape index (κ1) is 21.0. The molecular weight excluding hydrogens is 428 g/mol. The monoisotopic (exact) mass is 448 g/mol. The summed E-state index contributed by atoms with van der Waals surface area (Å²) < 4.78 is 25.3. The van der Waals surface area contributed by atoms with Gasteiger partial charge in [0.1, 0.15) is 0 Å². The molecular formula is C24H20N2O3S2. The third kappa shape index (κ3) is 5.07. The molecule has 0 unspecified atom stereocenters. The molecule has 0 saturated carbocycles. The van der Waals surface area contributed by atoms with Gasteiger partial charge in [0.2, 0.25) is 0 Å². The van der Waals surface area contributed by atoms with E-state index in [2.05, 4.69) is 10.3 Å². The van der Waals surface area contributed by atoms with Gasteiger partial charge in [-0.1, -0.05) is 42.5 Å². The van der Waals surface area contributed by atoms with Crippen LogP contribution in [0.2, 0.25) is 0 Å². The summed E-state index contributed by atoms with van der Waals surface area (Å²) in [6, 6.07) is 22.5. The van der Waals surface area contributed by atoms with Gasteiger partial charge in [-0.2, -0.15) is 0 Å². The second-order valence-electron chi connectivity index (χ2n) is 7.06. The second kappa shape index (κ2) is 8.83. The number of anilines is 1. The summed E-state index contributed by atoms with van der Waals surface area (Å²) in [5, 5.41) is 5.84. The highest BCUT2D eigenvalue weighted by Gasteiger charge is 2.16. The topological polar surface area (TPSA) is 76.1 Å². The number of nitrogens with one attached hydrogen (secondary N) is 1. The Labute approximate surface area is 185 Å². The molecule has 0 spiro atoms. The van der Waals surface area contributed by atoms with Crippen molar-refractivity contribution < 1.29 is 13.2 Å². The Morgan fingerprint density at radius 2 is 1.74 bits per heavy atom. The highest BCUT2D eigenvalue weighted by Crippen LogP contribution is 2.24. The van der Waals surface area contributed by atoms with Gasteiger partial charge in [-0.25, -0.2) is 13.4 Å². The van der Waals surface area contributed by atoms with Crippen LogP contribution in [0.15, 0.2) is 89.1 Å². The zero-order valence-corrected chi connectivity index (χ0v) is 18.4. The van der Waals surface area contributed by atoms with Gasteiger partial charge < -0.3 is 5.32 Å². The van der Waals surface area contributed by atoms with E-state index in [9.17, 15) is 13.2 Å². The van der Waals surface area contributed by atoms with Gasteiger partial charge in [-0.3, -0.25) is 4.79 Å². The summed E-state index contributed by atoms with van der Waals surface area (Å²) in [7, 11) is -3.49. The van der Waals surface area contributed by atoms with Crippen LogP contribution in [-0.2, 0) is 15.6 Å². The van der Waals surface area contributed by atoms with Crippen LogP contribution in [0, 0.1) is 6.92 Å². The van der Waals surface area contributed by atoms with E-state index < -0.39 is 9.84 Å². The highest BCUT2D eigenvalue weighted by molar-refractivity contribution is 7.90. The van der Waals surface area contributed by atoms with E-state index in [0.717, 1.165) is 16.3 Å². The molecule has 1 amide bonds. The molecule has 156 valence electrons. The maximum Gasteiger partial charge on any atom is 0.255 e. The number of benzene rings is 3. The first-order chi connectivity index (χ1) is 14.9. The van der Waals surface area contributed by atoms with Crippen LogP contribution in [0.1, 0.15) is 20.9 Å². The molecule has 0 atom stereocenters. The van der Waals surface area contributed by atoms with Crippen LogP contribution < -0.4 is 5.32 Å². The molecule has 0 bridgehead atoms. The van der Waals surface area contributed by atoms with Crippen LogP contribution in [0.5, 0.6) is 0 Å². The molecule has 4 aromatic rings. The molecule has 0 aliphatic heterocycles. The Hall–Kier alpha value is -3.29. The molecule has 0 aliphatic rings. The van der Waals surface area contributed by atoms with Gasteiger partial charge in [0.25, 0.3) is 5.91 Å². The van der Waals surface area contributed by atoms with Gasteiger partial charge in [0, 0.05) is 22.2 Å². The maximum atomic E-state index is 12.8. The van der Waals surface area contributed by atoms with Crippen molar-refractivity contribution in [1.82, 2.24) is 4.98 Å². The fraction of sp³-hybridized carbons (Fsp3) is 0.0833. The maximum absolute atomic E-state index is 12.8. The van der Waals surface area contributed by atoms with E-state index in [-0.39, 0.29) is 16.6 Å². The molecule has 0 fully saturated rings. The minimum atomic E-state index is -3.49. The highest BCUT2D eigenvalue weighted by atomic mass is 32.2. The van der Waals surface area contributed by atoms with Crippen molar-refractivity contribution in [1.29, 1.82) is 0 Å². The number of aryl methyl sites for hydroxylation is 1. The largest absolute Gasteiger partial charge is 0.322 e. The van der Waals surface area contributed by atoms with E-state index in [1.54, 1.807) is 65.9 Å². The van der Waals surface area contributed by atoms with E-state index in [0.29, 0.717) is 16.8 Å². The summed E-state index contributed by atoms with van der Waals surface area (Å²) >= 11 is 1.57. The average Bonchev–Trinajstić information content (AvgIpc) is 3.21. The third-order valence-corrected chi connectivity index (χ3v) is 7.16. The Bertz CT molecular complexity index is 1330. The summed E-state index contributed by atoms with van der Waals surface area (Å²) in [4.78, 5) is 17.5. The molecule has 1 aromatic heterocycles. The number of aromatic nitrogens is 1. The van der Waals surface area contributed by atoms with Gasteiger partial charge in [0.15, 0.2) is 9.84 Å². The Kier molecular flexibility index (Phi) is 5.97. The first-order valence-corrected chi connectivity index (χ1v) is 12.1. The van der Waals surface area contributed by atoms with E-state index in [1.807, 2.05) is 36.6 Å². The van der Waals surface area contributed by atoms with Crippen molar-refractivity contribution in [2.45, 2.75) is 17.6 Å². The molecule has 5 nitrogen and oxygen atoms in total. The zero-order chi connectivity index (χ0) is 21.8. The van der Waals surface area contributed by atoms with Crippen molar-refractivity contribution in [3.63, 3.8) is 0 Å². The minimum Gasteiger partial charge on any atom is -0.322 e. The lowest BCUT2D eigenvalue weighted by Gasteiger charge is -2.09. The third-order valence-electron chi connectivity index (χ3n) is 4.68. The molecule has 4 rings (SSSR count). The lowest BCUT2D eigenvalue weighted by Crippen LogP contribution is -2.13. The van der Waals surface area contributed by atoms with Gasteiger partial charge in [-0.15, -0.1) is 11.3 Å². The number of rotatable bonds is 6. The zero-order valence-electron chi connectivity index (χ0n) is 16.8. The van der Waals surface area contributed by atoms with Crippen molar-refractivity contribution in [2.75, 3.05) is 5.32 Å². The SMILES string of the molecule is Cc1nc(-c2cccc(NC(=O)c3cccc(CS(=O)(=O)c4ccccc4)c3)c2)cs1. The van der Waals surface area contributed by atoms with E-state index in [4.69, 9.17) is 0 Å². The molecule has 1 heterocycles. The summed E-state index contributed by atoms with van der Waals surface area (Å²) in [5.74, 6) is -0.470. The van der Waals surface area contributed by atoms with E-state index >= 15 is 0 Å². The Morgan fingerprint density at radius 1 is 0.968 bits per heavy atom. The molecule has 3 aromatic carbocycles. The Balaban J connectivity index is 1.51. The summed E-state index contributed by atoms with van der Waals surface area (Å²) in [6.45, 7) is 1.95. The quantitative estimate of drug-likeness (QED) is 0.432. The number of hydrogen-bond acceptors (Lipinski definition) is 5. The second-order valence-corrected chi connectivity index (χ2v) is 10.1. The number of nitrogens with zero attached hydrogens (tertiary/aromatic N) is 1. The summed E-state index contributed by atoms with van der Waals surface area (Å²) in [6.07, 6.45) is 0. The summed E-state index contributed by atoms with van der Waals surface area (Å²) in [5.41, 5.74) is 3.39. The molecule has 0 aliphatic carbocycles. The van der Waals surface area contributed by atoms with E-state index in [1.165, 1.54) is 0 Å². The predicted molar refractivity (Wildman–Crippen MR) is 124 cm³/mol. The van der Waals surface area contributed by atoms with Gasteiger partial charge in [-0.05, 0) is 48.9 Å². The number of amides is 1. The van der Waals surface area contributed by atoms with Crippen LogP contribution >= 0.6 is 11.3 Å². The number of carbonyl (C=O) groups is 1. The molecule has 31 heavy (non-hydrogen) atoms. The van der Waals surface area contributed by atoms with Gasteiger partial charge in [0.05, 0.1) is 21.3 Å². The van der Waals surface area contributed by atoms with Crippen LogP contribution in [0.4, 0.5) is 5.69 Å². The number of sulfone groups is 1. The van der Waals surface area contributed by atoms with Crippen molar-refractivity contribution >= 4 is 32.8 Å². The van der Waals surface area contributed by atoms with Gasteiger partial charge >= 0.3 is 0 Å². The Morgan fingerprint density at radius 3 is 2.48 bits per heavy atom. The normalized spacial score (nSPS) is 11.3. The predicted octanol–water partition coefficient (Wildman–Crippen LogP) is 5.34. The van der Waals surface area contributed by atoms with Crippen LogP contribution in [0.3, 0.4) is 0 Å². The fourth-order valence-corrected chi connectivity index (χ4v) is 5.17. The first-order valence-electron chi connectivity index (χ1n) is 9.61.